The topological polar surface area (TPSA) is 80.3 Å². The van der Waals surface area contributed by atoms with Crippen molar-refractivity contribution in [3.8, 4) is 0 Å². The number of carboxylic acid groups (broad SMARTS) is 2. The second-order valence-electron chi connectivity index (χ2n) is 2.65. The molecule has 0 aliphatic carbocycles. The summed E-state index contributed by atoms with van der Waals surface area (Å²) in [7, 11) is 0. The van der Waals surface area contributed by atoms with Crippen molar-refractivity contribution in [2.45, 2.75) is 19.8 Å². The average Bonchev–Trinajstić information content (AvgIpc) is 2.30. The molecule has 0 bridgehead atoms. The zero-order valence-corrected chi connectivity index (χ0v) is 13.7. The Labute approximate surface area is 141 Å². The predicted octanol–water partition coefficient (Wildman–Crippen LogP) is 0.339. The molecule has 0 N–H and O–H groups in total. The Kier molecular flexibility index (Phi) is 17.4. The van der Waals surface area contributed by atoms with Crippen LogP contribution in [0.4, 0.5) is 26.3 Å². The summed E-state index contributed by atoms with van der Waals surface area (Å²) in [5.74, 6) is -6.01. The normalized spacial score (nSPS) is 9.36. The molecule has 0 heterocycles. The number of halogens is 6. The number of carbonyl (C=O) groups excluding carboxylic acids is 2. The maximum Gasteiger partial charge on any atom is 2.00 e. The molecule has 0 amide bonds. The molecule has 0 aromatic heterocycles. The minimum absolute atomic E-state index is 0. The quantitative estimate of drug-likeness (QED) is 0.361. The summed E-state index contributed by atoms with van der Waals surface area (Å²) in [4.78, 5) is 17.6. The minimum Gasteiger partial charge on any atom is -0.542 e. The molecule has 0 fully saturated rings. The van der Waals surface area contributed by atoms with E-state index in [0.29, 0.717) is 0 Å². The van der Waals surface area contributed by atoms with Gasteiger partial charge < -0.3 is 19.8 Å². The zero-order chi connectivity index (χ0) is 16.4. The van der Waals surface area contributed by atoms with E-state index in [2.05, 4.69) is 6.07 Å². The van der Waals surface area contributed by atoms with Crippen molar-refractivity contribution >= 4 is 39.2 Å². The van der Waals surface area contributed by atoms with E-state index in [1.54, 1.807) is 0 Å². The number of alkyl halides is 6. The first-order chi connectivity index (χ1) is 8.89. The van der Waals surface area contributed by atoms with Gasteiger partial charge in [-0.1, -0.05) is 37.8 Å². The Bertz CT molecular complexity index is 355. The van der Waals surface area contributed by atoms with Crippen molar-refractivity contribution < 1.29 is 46.1 Å². The van der Waals surface area contributed by atoms with Crippen LogP contribution in [0.15, 0.2) is 30.3 Å². The van der Waals surface area contributed by atoms with Crippen LogP contribution in [0.5, 0.6) is 0 Å². The van der Waals surface area contributed by atoms with E-state index >= 15 is 0 Å². The monoisotopic (exact) mass is 527 g/mol. The predicted molar refractivity (Wildman–Crippen MR) is 59.9 cm³/mol. The van der Waals surface area contributed by atoms with Crippen molar-refractivity contribution in [1.29, 1.82) is 0 Å². The Hall–Kier alpha value is -1.34. The summed E-state index contributed by atoms with van der Waals surface area (Å²) < 4.78 is 63.1. The first-order valence-corrected chi connectivity index (χ1v) is 4.36. The third kappa shape index (κ3) is 21.0. The summed E-state index contributed by atoms with van der Waals surface area (Å²) >= 11 is 0. The number of carboxylic acids is 2. The van der Waals surface area contributed by atoms with Gasteiger partial charge in [-0.05, 0) is 6.07 Å². The SMILES string of the molecule is C.O=C([O-])C(F)(F)F.O=C([O-])C(F)(F)F.[Pb+2].[c]1ccccc1. The second-order valence-corrected chi connectivity index (χ2v) is 2.65. The van der Waals surface area contributed by atoms with E-state index in [9.17, 15) is 26.3 Å². The van der Waals surface area contributed by atoms with Gasteiger partial charge >= 0.3 is 39.7 Å². The molecule has 1 rings (SSSR count). The summed E-state index contributed by atoms with van der Waals surface area (Å²) in [6, 6.07) is 12.5. The van der Waals surface area contributed by atoms with E-state index in [-0.39, 0.29) is 34.7 Å². The van der Waals surface area contributed by atoms with Gasteiger partial charge in [0.05, 0.1) is 0 Å². The van der Waals surface area contributed by atoms with Crippen molar-refractivity contribution in [2.24, 2.45) is 0 Å². The molecule has 0 unspecified atom stereocenters. The van der Waals surface area contributed by atoms with Crippen LogP contribution in [-0.2, 0) is 9.59 Å². The Morgan fingerprint density at radius 1 is 0.773 bits per heavy atom. The van der Waals surface area contributed by atoms with Gasteiger partial charge in [0.25, 0.3) is 0 Å². The number of aliphatic carboxylic acids is 2. The van der Waals surface area contributed by atoms with Gasteiger partial charge in [0.15, 0.2) is 0 Å². The van der Waals surface area contributed by atoms with Gasteiger partial charge in [-0.15, -0.1) is 0 Å². The van der Waals surface area contributed by atoms with E-state index in [0.717, 1.165) is 0 Å². The molecular weight excluding hydrogens is 517 g/mol. The van der Waals surface area contributed by atoms with Gasteiger partial charge in [-0.3, -0.25) is 0 Å². The summed E-state index contributed by atoms with van der Waals surface area (Å²) in [5, 5.41) is 17.6. The van der Waals surface area contributed by atoms with E-state index < -0.39 is 24.3 Å². The second kappa shape index (κ2) is 13.3. The summed E-state index contributed by atoms with van der Waals surface area (Å²) in [5.41, 5.74) is 0. The smallest absolute Gasteiger partial charge is 0.542 e. The molecule has 1 aromatic carbocycles. The average molecular weight is 526 g/mol. The van der Waals surface area contributed by atoms with Crippen LogP contribution in [0, 0.1) is 6.07 Å². The van der Waals surface area contributed by atoms with Crippen LogP contribution in [0.2, 0.25) is 0 Å². The van der Waals surface area contributed by atoms with E-state index in [4.69, 9.17) is 19.8 Å². The van der Waals surface area contributed by atoms with Crippen LogP contribution in [-0.4, -0.2) is 51.6 Å². The molecule has 0 saturated heterocycles. The first-order valence-electron chi connectivity index (χ1n) is 4.36. The first kappa shape index (κ1) is 28.8. The van der Waals surface area contributed by atoms with Crippen LogP contribution < -0.4 is 10.2 Å². The molecule has 1 aromatic rings. The Balaban J connectivity index is -0.000000106. The number of carbonyl (C=O) groups is 2. The fourth-order valence-electron chi connectivity index (χ4n) is 0.342. The fourth-order valence-corrected chi connectivity index (χ4v) is 0.342. The standard InChI is InChI=1S/C6H5.2C2HF3O2.CH4.Pb/c1-2-4-6-5-3-1;2*3-2(4,5)1(6)7;;/h1-5H;2*(H,6,7);1H4;/q;;;;+2/p-2. The van der Waals surface area contributed by atoms with Crippen molar-refractivity contribution in [3.63, 3.8) is 0 Å². The van der Waals surface area contributed by atoms with Crippen molar-refractivity contribution in [2.75, 3.05) is 0 Å². The Morgan fingerprint density at radius 3 is 1.05 bits per heavy atom. The number of hydrogen-bond donors (Lipinski definition) is 0. The molecule has 0 spiro atoms. The largest absolute Gasteiger partial charge is 2.00 e. The third-order valence-corrected chi connectivity index (χ3v) is 1.07. The van der Waals surface area contributed by atoms with Crippen LogP contribution in [0.25, 0.3) is 0 Å². The van der Waals surface area contributed by atoms with E-state index in [1.807, 2.05) is 30.3 Å². The molecule has 0 aliphatic rings. The van der Waals surface area contributed by atoms with Crippen molar-refractivity contribution in [1.82, 2.24) is 0 Å². The molecule has 0 atom stereocenters. The maximum absolute atomic E-state index is 10.5. The van der Waals surface area contributed by atoms with E-state index in [1.165, 1.54) is 0 Å². The maximum atomic E-state index is 10.5. The fraction of sp³-hybridized carbons (Fsp3) is 0.273. The summed E-state index contributed by atoms with van der Waals surface area (Å²) in [6.45, 7) is 0. The molecule has 0 aliphatic heterocycles. The van der Waals surface area contributed by atoms with Crippen LogP contribution >= 0.6 is 0 Å². The van der Waals surface area contributed by atoms with Gasteiger partial charge in [0.1, 0.15) is 11.9 Å². The number of rotatable bonds is 0. The Morgan fingerprint density at radius 2 is 1.00 bits per heavy atom. The van der Waals surface area contributed by atoms with Gasteiger partial charge in [-0.2, -0.15) is 26.3 Å². The molecule has 3 radical (unpaired) electrons. The molecule has 0 saturated carbocycles. The van der Waals surface area contributed by atoms with Gasteiger partial charge in [-0.25, -0.2) is 0 Å². The van der Waals surface area contributed by atoms with Gasteiger partial charge in [0, 0.05) is 0 Å². The molecule has 4 nitrogen and oxygen atoms in total. The zero-order valence-electron chi connectivity index (χ0n) is 9.79. The molecule has 11 heteroatoms. The molecular formula is C11H9F6O4Pb. The molecule has 123 valence electrons. The minimum atomic E-state index is -5.19. The number of benzene rings is 1. The van der Waals surface area contributed by atoms with Crippen LogP contribution in [0.1, 0.15) is 7.43 Å². The van der Waals surface area contributed by atoms with Gasteiger partial charge in [0.2, 0.25) is 0 Å². The van der Waals surface area contributed by atoms with Crippen LogP contribution in [0.3, 0.4) is 0 Å². The van der Waals surface area contributed by atoms with Crippen molar-refractivity contribution in [3.05, 3.63) is 36.4 Å². The molecule has 22 heavy (non-hydrogen) atoms. The third-order valence-electron chi connectivity index (χ3n) is 1.07. The summed E-state index contributed by atoms with van der Waals surface area (Å²) in [6.07, 6.45) is -10.4. The number of hydrogen-bond acceptors (Lipinski definition) is 4.